The van der Waals surface area contributed by atoms with E-state index in [0.29, 0.717) is 17.2 Å². The molecule has 2 rings (SSSR count). The van der Waals surface area contributed by atoms with Crippen LogP contribution in [0.2, 0.25) is 5.02 Å². The number of amides is 1. The van der Waals surface area contributed by atoms with Crippen LogP contribution in [0.1, 0.15) is 43.9 Å². The van der Waals surface area contributed by atoms with Crippen LogP contribution in [0, 0.1) is 6.92 Å². The Hall–Kier alpha value is -2.20. The second-order valence-electron chi connectivity index (χ2n) is 6.14. The lowest BCUT2D eigenvalue weighted by atomic mass is 10.0. The Labute approximate surface area is 160 Å². The minimum absolute atomic E-state index is 0.0870. The van der Waals surface area contributed by atoms with Gasteiger partial charge in [0, 0.05) is 0 Å². The fourth-order valence-corrected chi connectivity index (χ4v) is 3.00. The molecule has 0 aliphatic rings. The fourth-order valence-electron chi connectivity index (χ4n) is 2.82. The minimum Gasteiger partial charge on any atom is -0.496 e. The monoisotopic (exact) mass is 375 g/mol. The first kappa shape index (κ1) is 20.1. The van der Waals surface area contributed by atoms with Crippen molar-refractivity contribution < 1.29 is 14.3 Å². The van der Waals surface area contributed by atoms with E-state index in [4.69, 9.17) is 21.1 Å². The predicted octanol–water partition coefficient (Wildman–Crippen LogP) is 5.08. The third kappa shape index (κ3) is 4.92. The summed E-state index contributed by atoms with van der Waals surface area (Å²) in [4.78, 5) is 12.7. The lowest BCUT2D eigenvalue weighted by molar-refractivity contribution is -0.128. The van der Waals surface area contributed by atoms with Gasteiger partial charge < -0.3 is 14.8 Å². The number of rotatable bonds is 8. The molecule has 4 nitrogen and oxygen atoms in total. The van der Waals surface area contributed by atoms with Crippen LogP contribution in [-0.2, 0) is 4.79 Å². The average molecular weight is 376 g/mol. The average Bonchev–Trinajstić information content (AvgIpc) is 2.65. The molecule has 0 radical (unpaired) electrons. The van der Waals surface area contributed by atoms with Crippen LogP contribution >= 0.6 is 11.6 Å². The first-order valence-electron chi connectivity index (χ1n) is 8.86. The third-order valence-electron chi connectivity index (χ3n) is 4.32. The Morgan fingerprint density at radius 1 is 1.12 bits per heavy atom. The Morgan fingerprint density at radius 3 is 2.42 bits per heavy atom. The first-order chi connectivity index (χ1) is 12.5. The summed E-state index contributed by atoms with van der Waals surface area (Å²) in [7, 11) is 1.65. The molecule has 140 valence electrons. The van der Waals surface area contributed by atoms with E-state index in [1.807, 2.05) is 51.1 Å². The number of carbonyl (C=O) groups is 1. The summed E-state index contributed by atoms with van der Waals surface area (Å²) in [6.07, 6.45) is 0.734. The van der Waals surface area contributed by atoms with Crippen LogP contribution in [-0.4, -0.2) is 19.1 Å². The third-order valence-corrected chi connectivity index (χ3v) is 4.63. The smallest absolute Gasteiger partial charge is 0.261 e. The fraction of sp³-hybridized carbons (Fsp3) is 0.381. The number of aryl methyl sites for hydroxylation is 1. The van der Waals surface area contributed by atoms with Crippen molar-refractivity contribution in [3.8, 4) is 11.5 Å². The Morgan fingerprint density at radius 2 is 1.85 bits per heavy atom. The molecule has 2 aromatic carbocycles. The van der Waals surface area contributed by atoms with Gasteiger partial charge in [-0.2, -0.15) is 0 Å². The molecule has 0 spiro atoms. The number of ether oxygens (including phenoxy) is 2. The molecule has 0 heterocycles. The SMILES string of the molecule is CCC(Oc1ccccc1Cl)C(=O)NC(CC)c1ccc(OC)c(C)c1. The molecule has 0 aliphatic carbocycles. The Balaban J connectivity index is 2.11. The molecule has 1 N–H and O–H groups in total. The van der Waals surface area contributed by atoms with Gasteiger partial charge in [0.2, 0.25) is 0 Å². The van der Waals surface area contributed by atoms with Crippen LogP contribution in [0.25, 0.3) is 0 Å². The quantitative estimate of drug-likeness (QED) is 0.699. The van der Waals surface area contributed by atoms with Gasteiger partial charge in [-0.25, -0.2) is 0 Å². The number of carbonyl (C=O) groups excluding carboxylic acids is 1. The second-order valence-corrected chi connectivity index (χ2v) is 6.55. The maximum absolute atomic E-state index is 12.7. The molecule has 0 fully saturated rings. The van der Waals surface area contributed by atoms with Crippen molar-refractivity contribution in [3.05, 3.63) is 58.6 Å². The van der Waals surface area contributed by atoms with E-state index in [9.17, 15) is 4.79 Å². The molecule has 1 amide bonds. The van der Waals surface area contributed by atoms with Gasteiger partial charge in [0.25, 0.3) is 5.91 Å². The molecule has 5 heteroatoms. The highest BCUT2D eigenvalue weighted by Crippen LogP contribution is 2.26. The molecule has 2 atom stereocenters. The van der Waals surface area contributed by atoms with Crippen molar-refractivity contribution in [2.45, 2.75) is 45.8 Å². The molecular weight excluding hydrogens is 350 g/mol. The first-order valence-corrected chi connectivity index (χ1v) is 9.24. The number of para-hydroxylation sites is 1. The zero-order chi connectivity index (χ0) is 19.1. The topological polar surface area (TPSA) is 47.6 Å². The van der Waals surface area contributed by atoms with Crippen LogP contribution in [0.4, 0.5) is 0 Å². The van der Waals surface area contributed by atoms with Crippen molar-refractivity contribution in [3.63, 3.8) is 0 Å². The van der Waals surface area contributed by atoms with E-state index in [0.717, 1.165) is 23.3 Å². The molecular formula is C21H26ClNO3. The zero-order valence-electron chi connectivity index (χ0n) is 15.7. The number of nitrogens with one attached hydrogen (secondary N) is 1. The molecule has 0 saturated heterocycles. The highest BCUT2D eigenvalue weighted by atomic mass is 35.5. The lowest BCUT2D eigenvalue weighted by Crippen LogP contribution is -2.40. The van der Waals surface area contributed by atoms with Crippen molar-refractivity contribution >= 4 is 17.5 Å². The summed E-state index contributed by atoms with van der Waals surface area (Å²) in [5, 5.41) is 3.59. The Kier molecular flexibility index (Phi) is 7.34. The second kappa shape index (κ2) is 9.48. The van der Waals surface area contributed by atoms with Gasteiger partial charge in [-0.3, -0.25) is 4.79 Å². The van der Waals surface area contributed by atoms with Gasteiger partial charge in [-0.1, -0.05) is 49.7 Å². The molecule has 0 saturated carbocycles. The Bertz CT molecular complexity index is 748. The standard InChI is InChI=1S/C21H26ClNO3/c1-5-17(15-11-12-19(25-4)14(3)13-15)23-21(24)18(6-2)26-20-10-8-7-9-16(20)22/h7-13,17-18H,5-6H2,1-4H3,(H,23,24). The number of halogens is 1. The molecule has 26 heavy (non-hydrogen) atoms. The highest BCUT2D eigenvalue weighted by molar-refractivity contribution is 6.32. The lowest BCUT2D eigenvalue weighted by Gasteiger charge is -2.23. The van der Waals surface area contributed by atoms with Gasteiger partial charge in [0.05, 0.1) is 18.2 Å². The van der Waals surface area contributed by atoms with Gasteiger partial charge in [-0.05, 0) is 49.1 Å². The van der Waals surface area contributed by atoms with Crippen LogP contribution in [0.15, 0.2) is 42.5 Å². The summed E-state index contributed by atoms with van der Waals surface area (Å²) < 4.78 is 11.1. The number of methoxy groups -OCH3 is 1. The van der Waals surface area contributed by atoms with E-state index < -0.39 is 6.10 Å². The van der Waals surface area contributed by atoms with E-state index in [1.165, 1.54) is 0 Å². The largest absolute Gasteiger partial charge is 0.496 e. The molecule has 2 unspecified atom stereocenters. The van der Waals surface area contributed by atoms with Crippen molar-refractivity contribution in [2.75, 3.05) is 7.11 Å². The summed E-state index contributed by atoms with van der Waals surface area (Å²) >= 11 is 6.14. The highest BCUT2D eigenvalue weighted by Gasteiger charge is 2.23. The molecule has 2 aromatic rings. The van der Waals surface area contributed by atoms with E-state index in [1.54, 1.807) is 19.2 Å². The van der Waals surface area contributed by atoms with Crippen molar-refractivity contribution in [1.82, 2.24) is 5.32 Å². The number of benzene rings is 2. The van der Waals surface area contributed by atoms with Crippen LogP contribution in [0.5, 0.6) is 11.5 Å². The van der Waals surface area contributed by atoms with Crippen molar-refractivity contribution in [2.24, 2.45) is 0 Å². The summed E-state index contributed by atoms with van der Waals surface area (Å²) in [6, 6.07) is 13.0. The van der Waals surface area contributed by atoms with E-state index in [-0.39, 0.29) is 11.9 Å². The summed E-state index contributed by atoms with van der Waals surface area (Å²) in [5.74, 6) is 1.21. The molecule has 0 aromatic heterocycles. The van der Waals surface area contributed by atoms with Gasteiger partial charge in [-0.15, -0.1) is 0 Å². The van der Waals surface area contributed by atoms with Crippen LogP contribution < -0.4 is 14.8 Å². The van der Waals surface area contributed by atoms with Gasteiger partial charge >= 0.3 is 0 Å². The summed E-state index contributed by atoms with van der Waals surface area (Å²) in [6.45, 7) is 5.95. The van der Waals surface area contributed by atoms with E-state index in [2.05, 4.69) is 5.32 Å². The minimum atomic E-state index is -0.594. The van der Waals surface area contributed by atoms with Gasteiger partial charge in [0.15, 0.2) is 6.10 Å². The normalized spacial score (nSPS) is 13.0. The zero-order valence-corrected chi connectivity index (χ0v) is 16.5. The summed E-state index contributed by atoms with van der Waals surface area (Å²) in [5.41, 5.74) is 2.09. The van der Waals surface area contributed by atoms with Crippen LogP contribution in [0.3, 0.4) is 0 Å². The predicted molar refractivity (Wildman–Crippen MR) is 105 cm³/mol. The molecule has 0 bridgehead atoms. The number of hydrogen-bond donors (Lipinski definition) is 1. The number of hydrogen-bond acceptors (Lipinski definition) is 3. The van der Waals surface area contributed by atoms with Gasteiger partial charge in [0.1, 0.15) is 11.5 Å². The maximum Gasteiger partial charge on any atom is 0.261 e. The van der Waals surface area contributed by atoms with Crippen molar-refractivity contribution in [1.29, 1.82) is 0 Å². The molecule has 0 aliphatic heterocycles. The maximum atomic E-state index is 12.7. The van der Waals surface area contributed by atoms with E-state index >= 15 is 0 Å².